The number of rotatable bonds is 4. The van der Waals surface area contributed by atoms with E-state index < -0.39 is 11.6 Å². The molecule has 0 saturated heterocycles. The summed E-state index contributed by atoms with van der Waals surface area (Å²) in [4.78, 5) is 16.0. The summed E-state index contributed by atoms with van der Waals surface area (Å²) in [6.07, 6.45) is 0. The Morgan fingerprint density at radius 3 is 2.78 bits per heavy atom. The molecule has 1 N–H and O–H groups in total. The summed E-state index contributed by atoms with van der Waals surface area (Å²) in [7, 11) is 1.50. The molecule has 6 heteroatoms. The van der Waals surface area contributed by atoms with Crippen molar-refractivity contribution < 1.29 is 19.1 Å². The van der Waals surface area contributed by atoms with Gasteiger partial charge in [0.2, 0.25) is 5.89 Å². The van der Waals surface area contributed by atoms with Gasteiger partial charge in [0, 0.05) is 7.11 Å². The number of thiophene rings is 1. The highest BCUT2D eigenvalue weighted by molar-refractivity contribution is 7.13. The molecule has 0 fully saturated rings. The Labute approximate surface area is 108 Å². The van der Waals surface area contributed by atoms with Crippen LogP contribution in [0.25, 0.3) is 10.8 Å². The molecule has 0 unspecified atom stereocenters. The zero-order valence-electron chi connectivity index (χ0n) is 10.3. The second-order valence-corrected chi connectivity index (χ2v) is 5.14. The van der Waals surface area contributed by atoms with Crippen LogP contribution in [0.1, 0.15) is 30.1 Å². The van der Waals surface area contributed by atoms with Crippen LogP contribution in [-0.4, -0.2) is 23.2 Å². The Balaban J connectivity index is 2.56. The van der Waals surface area contributed by atoms with E-state index >= 15 is 0 Å². The SMILES string of the molecule is COC(C)(C)c1oc(-c2cccs2)nc1C(=O)O. The molecule has 96 valence electrons. The fourth-order valence-electron chi connectivity index (χ4n) is 1.47. The van der Waals surface area contributed by atoms with Gasteiger partial charge in [0.15, 0.2) is 11.5 Å². The number of aromatic carboxylic acids is 1. The van der Waals surface area contributed by atoms with Crippen molar-refractivity contribution in [3.63, 3.8) is 0 Å². The molecule has 0 saturated carbocycles. The van der Waals surface area contributed by atoms with E-state index in [-0.39, 0.29) is 11.5 Å². The minimum atomic E-state index is -1.12. The highest BCUT2D eigenvalue weighted by Crippen LogP contribution is 2.33. The number of carboxylic acid groups (broad SMARTS) is 1. The molecule has 0 aliphatic rings. The van der Waals surface area contributed by atoms with E-state index in [1.54, 1.807) is 13.8 Å². The lowest BCUT2D eigenvalue weighted by Gasteiger charge is -2.19. The van der Waals surface area contributed by atoms with Gasteiger partial charge in [-0.05, 0) is 25.3 Å². The molecule has 0 spiro atoms. The van der Waals surface area contributed by atoms with Gasteiger partial charge in [0.05, 0.1) is 4.88 Å². The molecule has 2 heterocycles. The van der Waals surface area contributed by atoms with Crippen molar-refractivity contribution in [2.75, 3.05) is 7.11 Å². The molecule has 0 bridgehead atoms. The third-order valence-electron chi connectivity index (χ3n) is 2.62. The van der Waals surface area contributed by atoms with E-state index in [4.69, 9.17) is 14.3 Å². The number of hydrogen-bond donors (Lipinski definition) is 1. The fourth-order valence-corrected chi connectivity index (χ4v) is 2.12. The molecule has 0 amide bonds. The van der Waals surface area contributed by atoms with E-state index in [2.05, 4.69) is 4.98 Å². The number of nitrogens with zero attached hydrogens (tertiary/aromatic N) is 1. The third-order valence-corrected chi connectivity index (χ3v) is 3.48. The van der Waals surface area contributed by atoms with Crippen molar-refractivity contribution in [1.29, 1.82) is 0 Å². The number of aromatic nitrogens is 1. The van der Waals surface area contributed by atoms with E-state index in [1.165, 1.54) is 18.4 Å². The first kappa shape index (κ1) is 12.8. The predicted molar refractivity (Wildman–Crippen MR) is 66.8 cm³/mol. The Kier molecular flexibility index (Phi) is 3.23. The quantitative estimate of drug-likeness (QED) is 0.921. The largest absolute Gasteiger partial charge is 0.476 e. The minimum absolute atomic E-state index is 0.106. The van der Waals surface area contributed by atoms with Crippen molar-refractivity contribution in [2.24, 2.45) is 0 Å². The maximum absolute atomic E-state index is 11.2. The van der Waals surface area contributed by atoms with E-state index in [1.807, 2.05) is 17.5 Å². The minimum Gasteiger partial charge on any atom is -0.476 e. The van der Waals surface area contributed by atoms with Crippen molar-refractivity contribution in [3.8, 4) is 10.8 Å². The molecule has 0 radical (unpaired) electrons. The molecule has 0 aromatic carbocycles. The van der Waals surface area contributed by atoms with Gasteiger partial charge in [-0.3, -0.25) is 0 Å². The van der Waals surface area contributed by atoms with Gasteiger partial charge in [0.1, 0.15) is 5.60 Å². The number of ether oxygens (including phenoxy) is 1. The highest BCUT2D eigenvalue weighted by atomic mass is 32.1. The van der Waals surface area contributed by atoms with Crippen molar-refractivity contribution in [3.05, 3.63) is 29.0 Å². The summed E-state index contributed by atoms with van der Waals surface area (Å²) >= 11 is 1.44. The molecule has 2 aromatic heterocycles. The van der Waals surface area contributed by atoms with Crippen LogP contribution in [0, 0.1) is 0 Å². The zero-order valence-corrected chi connectivity index (χ0v) is 11.1. The van der Waals surface area contributed by atoms with Gasteiger partial charge in [0.25, 0.3) is 0 Å². The molecular formula is C12H13NO4S. The molecule has 18 heavy (non-hydrogen) atoms. The summed E-state index contributed by atoms with van der Waals surface area (Å²) in [6, 6.07) is 3.68. The lowest BCUT2D eigenvalue weighted by molar-refractivity contribution is -0.000142. The smallest absolute Gasteiger partial charge is 0.358 e. The molecule has 0 aliphatic carbocycles. The lowest BCUT2D eigenvalue weighted by atomic mass is 10.0. The van der Waals surface area contributed by atoms with Crippen molar-refractivity contribution >= 4 is 17.3 Å². The first-order valence-electron chi connectivity index (χ1n) is 5.29. The van der Waals surface area contributed by atoms with Crippen LogP contribution in [0.5, 0.6) is 0 Å². The summed E-state index contributed by atoms with van der Waals surface area (Å²) in [6.45, 7) is 3.47. The standard InChI is InChI=1S/C12H13NO4S/c1-12(2,16-3)9-8(11(14)15)13-10(17-9)7-5-4-6-18-7/h4-6H,1-3H3,(H,14,15). The van der Waals surface area contributed by atoms with E-state index in [9.17, 15) is 4.79 Å². The fraction of sp³-hybridized carbons (Fsp3) is 0.333. The van der Waals surface area contributed by atoms with Crippen LogP contribution in [0.2, 0.25) is 0 Å². The molecular weight excluding hydrogens is 254 g/mol. The third kappa shape index (κ3) is 2.16. The molecule has 2 rings (SSSR count). The summed E-state index contributed by atoms with van der Waals surface area (Å²) in [5, 5.41) is 11.0. The van der Waals surface area contributed by atoms with Crippen LogP contribution >= 0.6 is 11.3 Å². The van der Waals surface area contributed by atoms with Crippen molar-refractivity contribution in [2.45, 2.75) is 19.4 Å². The summed E-state index contributed by atoms with van der Waals surface area (Å²) < 4.78 is 10.8. The summed E-state index contributed by atoms with van der Waals surface area (Å²) in [5.41, 5.74) is -0.943. The number of hydrogen-bond acceptors (Lipinski definition) is 5. The van der Waals surface area contributed by atoms with Gasteiger partial charge < -0.3 is 14.3 Å². The number of oxazole rings is 1. The Morgan fingerprint density at radius 1 is 1.56 bits per heavy atom. The van der Waals surface area contributed by atoms with Crippen LogP contribution < -0.4 is 0 Å². The van der Waals surface area contributed by atoms with Crippen molar-refractivity contribution in [1.82, 2.24) is 4.98 Å². The normalized spacial score (nSPS) is 11.7. The number of carboxylic acids is 1. The van der Waals surface area contributed by atoms with Gasteiger partial charge in [-0.1, -0.05) is 6.07 Å². The first-order valence-corrected chi connectivity index (χ1v) is 6.17. The van der Waals surface area contributed by atoms with Crippen LogP contribution in [0.3, 0.4) is 0 Å². The second kappa shape index (κ2) is 4.55. The Bertz CT molecular complexity index is 557. The van der Waals surface area contributed by atoms with Crippen LogP contribution in [0.4, 0.5) is 0 Å². The summed E-state index contributed by atoms with van der Waals surface area (Å²) in [5.74, 6) is -0.592. The maximum atomic E-state index is 11.2. The molecule has 0 aliphatic heterocycles. The maximum Gasteiger partial charge on any atom is 0.358 e. The molecule has 2 aromatic rings. The van der Waals surface area contributed by atoms with Gasteiger partial charge in [-0.15, -0.1) is 11.3 Å². The Hall–Kier alpha value is -1.66. The topological polar surface area (TPSA) is 72.6 Å². The molecule has 0 atom stereocenters. The monoisotopic (exact) mass is 267 g/mol. The van der Waals surface area contributed by atoms with Crippen LogP contribution in [-0.2, 0) is 10.3 Å². The zero-order chi connectivity index (χ0) is 13.3. The molecule has 5 nitrogen and oxygen atoms in total. The first-order chi connectivity index (χ1) is 8.45. The van der Waals surface area contributed by atoms with Crippen LogP contribution in [0.15, 0.2) is 21.9 Å². The Morgan fingerprint density at radius 2 is 2.28 bits per heavy atom. The predicted octanol–water partition coefficient (Wildman–Crippen LogP) is 2.98. The van der Waals surface area contributed by atoms with E-state index in [0.29, 0.717) is 5.89 Å². The van der Waals surface area contributed by atoms with Gasteiger partial charge in [-0.2, -0.15) is 0 Å². The van der Waals surface area contributed by atoms with Gasteiger partial charge >= 0.3 is 5.97 Å². The average molecular weight is 267 g/mol. The average Bonchev–Trinajstić information content (AvgIpc) is 2.97. The van der Waals surface area contributed by atoms with E-state index in [0.717, 1.165) is 4.88 Å². The highest BCUT2D eigenvalue weighted by Gasteiger charge is 2.33. The number of methoxy groups -OCH3 is 1. The number of carbonyl (C=O) groups is 1. The van der Waals surface area contributed by atoms with Gasteiger partial charge in [-0.25, -0.2) is 9.78 Å². The second-order valence-electron chi connectivity index (χ2n) is 4.19. The lowest BCUT2D eigenvalue weighted by Crippen LogP contribution is -2.21.